The summed E-state index contributed by atoms with van der Waals surface area (Å²) in [5.41, 5.74) is 1.63. The molecule has 0 spiro atoms. The Morgan fingerprint density at radius 1 is 1.22 bits per heavy atom. The molecule has 2 rings (SSSR count). The van der Waals surface area contributed by atoms with Gasteiger partial charge in [-0.2, -0.15) is 0 Å². The maximum Gasteiger partial charge on any atom is 0.127 e. The van der Waals surface area contributed by atoms with E-state index in [4.69, 9.17) is 0 Å². The molecule has 0 heterocycles. The lowest BCUT2D eigenvalue weighted by Gasteiger charge is -2.09. The first kappa shape index (κ1) is 13.6. The minimum absolute atomic E-state index is 0.0616. The van der Waals surface area contributed by atoms with Gasteiger partial charge in [0, 0.05) is 26.3 Å². The molecule has 5 heteroatoms. The molecule has 0 unspecified atom stereocenters. The zero-order valence-electron chi connectivity index (χ0n) is 9.25. The summed E-state index contributed by atoms with van der Waals surface area (Å²) in [6, 6.07) is 9.96. The molecule has 0 amide bonds. The van der Waals surface area contributed by atoms with E-state index in [0.717, 1.165) is 19.8 Å². The molecular weight excluding hydrogens is 412 g/mol. The number of nitrogens with one attached hydrogen (secondary N) is 1. The Labute approximate surface area is 126 Å². The predicted octanol–water partition coefficient (Wildman–Crippen LogP) is 4.51. The third-order valence-corrected chi connectivity index (χ3v) is 3.72. The molecule has 2 aromatic carbocycles. The lowest BCUT2D eigenvalue weighted by molar-refractivity contribution is 0.468. The van der Waals surface area contributed by atoms with Gasteiger partial charge in [0.2, 0.25) is 0 Å². The summed E-state index contributed by atoms with van der Waals surface area (Å²) < 4.78 is 15.2. The van der Waals surface area contributed by atoms with Crippen molar-refractivity contribution in [3.05, 3.63) is 55.8 Å². The second kappa shape index (κ2) is 5.88. The highest BCUT2D eigenvalue weighted by Crippen LogP contribution is 2.25. The van der Waals surface area contributed by atoms with Crippen LogP contribution >= 0.6 is 38.5 Å². The molecule has 0 bridgehead atoms. The predicted molar refractivity (Wildman–Crippen MR) is 82.3 cm³/mol. The van der Waals surface area contributed by atoms with Crippen LogP contribution in [0.1, 0.15) is 5.56 Å². The second-order valence-corrected chi connectivity index (χ2v) is 5.90. The van der Waals surface area contributed by atoms with Crippen molar-refractivity contribution in [1.82, 2.24) is 0 Å². The standard InChI is InChI=1S/C13H10BrFINO/c14-12-2-1-10(16)6-13(12)17-7-8-3-9(15)5-11(18)4-8/h1-6,17-18H,7H2. The quantitative estimate of drug-likeness (QED) is 0.714. The highest BCUT2D eigenvalue weighted by atomic mass is 127. The highest BCUT2D eigenvalue weighted by molar-refractivity contribution is 14.1. The smallest absolute Gasteiger partial charge is 0.127 e. The molecule has 2 nitrogen and oxygen atoms in total. The van der Waals surface area contributed by atoms with E-state index >= 15 is 0 Å². The van der Waals surface area contributed by atoms with Crippen LogP contribution in [0.15, 0.2) is 40.9 Å². The highest BCUT2D eigenvalue weighted by Gasteiger charge is 2.03. The molecule has 0 saturated heterocycles. The number of hydrogen-bond donors (Lipinski definition) is 2. The van der Waals surface area contributed by atoms with Gasteiger partial charge in [0.15, 0.2) is 0 Å². The van der Waals surface area contributed by atoms with Crippen molar-refractivity contribution in [3.63, 3.8) is 0 Å². The van der Waals surface area contributed by atoms with Gasteiger partial charge in [-0.25, -0.2) is 4.39 Å². The molecule has 94 valence electrons. The monoisotopic (exact) mass is 421 g/mol. The minimum atomic E-state index is -0.437. The van der Waals surface area contributed by atoms with Gasteiger partial charge in [-0.05, 0) is 74.4 Å². The fourth-order valence-electron chi connectivity index (χ4n) is 1.57. The summed E-state index contributed by atoms with van der Waals surface area (Å²) in [5.74, 6) is -0.498. The van der Waals surface area contributed by atoms with Crippen molar-refractivity contribution >= 4 is 44.2 Å². The summed E-state index contributed by atoms with van der Waals surface area (Å²) in [6.45, 7) is 0.448. The maximum atomic E-state index is 13.1. The van der Waals surface area contributed by atoms with E-state index in [9.17, 15) is 9.50 Å². The Morgan fingerprint density at radius 3 is 2.72 bits per heavy atom. The zero-order valence-corrected chi connectivity index (χ0v) is 13.0. The fourth-order valence-corrected chi connectivity index (χ4v) is 2.44. The van der Waals surface area contributed by atoms with Crippen molar-refractivity contribution < 1.29 is 9.50 Å². The van der Waals surface area contributed by atoms with Gasteiger partial charge >= 0.3 is 0 Å². The number of rotatable bonds is 3. The van der Waals surface area contributed by atoms with Crippen LogP contribution in [0, 0.1) is 9.39 Å². The van der Waals surface area contributed by atoms with Crippen LogP contribution in [-0.4, -0.2) is 5.11 Å². The van der Waals surface area contributed by atoms with Gasteiger partial charge in [0.05, 0.1) is 0 Å². The molecule has 0 aliphatic heterocycles. The van der Waals surface area contributed by atoms with Crippen LogP contribution in [0.4, 0.5) is 10.1 Å². The number of phenols is 1. The topological polar surface area (TPSA) is 32.3 Å². The van der Waals surface area contributed by atoms with Crippen LogP contribution < -0.4 is 5.32 Å². The van der Waals surface area contributed by atoms with Crippen LogP contribution in [0.25, 0.3) is 0 Å². The third-order valence-electron chi connectivity index (χ3n) is 2.35. The number of anilines is 1. The normalized spacial score (nSPS) is 10.4. The largest absolute Gasteiger partial charge is 0.508 e. The molecule has 18 heavy (non-hydrogen) atoms. The summed E-state index contributed by atoms with van der Waals surface area (Å²) >= 11 is 5.67. The number of aromatic hydroxyl groups is 1. The van der Waals surface area contributed by atoms with Gasteiger partial charge < -0.3 is 10.4 Å². The first-order valence-corrected chi connectivity index (χ1v) is 7.09. The second-order valence-electron chi connectivity index (χ2n) is 3.80. The lowest BCUT2D eigenvalue weighted by atomic mass is 10.2. The third kappa shape index (κ3) is 3.58. The molecule has 0 atom stereocenters. The van der Waals surface area contributed by atoms with E-state index in [1.807, 2.05) is 18.2 Å². The van der Waals surface area contributed by atoms with Crippen molar-refractivity contribution in [2.75, 3.05) is 5.32 Å². The molecule has 0 aromatic heterocycles. The minimum Gasteiger partial charge on any atom is -0.508 e. The van der Waals surface area contributed by atoms with E-state index in [2.05, 4.69) is 43.8 Å². The summed E-state index contributed by atoms with van der Waals surface area (Å²) in [7, 11) is 0. The fraction of sp³-hybridized carbons (Fsp3) is 0.0769. The van der Waals surface area contributed by atoms with E-state index in [0.29, 0.717) is 12.1 Å². The zero-order chi connectivity index (χ0) is 13.1. The van der Waals surface area contributed by atoms with Gasteiger partial charge in [-0.1, -0.05) is 0 Å². The molecular formula is C13H10BrFINO. The number of halogens is 3. The number of hydrogen-bond acceptors (Lipinski definition) is 2. The Morgan fingerprint density at radius 2 is 2.00 bits per heavy atom. The average molecular weight is 422 g/mol. The Bertz CT molecular complexity index is 557. The molecule has 0 radical (unpaired) electrons. The Kier molecular flexibility index (Phi) is 4.45. The molecule has 2 N–H and O–H groups in total. The first-order valence-electron chi connectivity index (χ1n) is 5.22. The maximum absolute atomic E-state index is 13.1. The van der Waals surface area contributed by atoms with Crippen molar-refractivity contribution in [3.8, 4) is 5.75 Å². The molecule has 0 aliphatic carbocycles. The Hall–Kier alpha value is -0.820. The van der Waals surface area contributed by atoms with Crippen LogP contribution in [0.2, 0.25) is 0 Å². The lowest BCUT2D eigenvalue weighted by Crippen LogP contribution is -2.00. The van der Waals surface area contributed by atoms with Crippen molar-refractivity contribution in [2.45, 2.75) is 6.54 Å². The molecule has 2 aromatic rings. The van der Waals surface area contributed by atoms with E-state index < -0.39 is 5.82 Å². The molecule has 0 saturated carbocycles. The Balaban J connectivity index is 2.13. The van der Waals surface area contributed by atoms with E-state index in [1.165, 1.54) is 12.1 Å². The van der Waals surface area contributed by atoms with Gasteiger partial charge in [0.25, 0.3) is 0 Å². The van der Waals surface area contributed by atoms with E-state index in [1.54, 1.807) is 0 Å². The number of phenolic OH excluding ortho intramolecular Hbond substituents is 1. The van der Waals surface area contributed by atoms with Crippen LogP contribution in [0.5, 0.6) is 5.75 Å². The molecule has 0 fully saturated rings. The van der Waals surface area contributed by atoms with Crippen LogP contribution in [-0.2, 0) is 6.54 Å². The summed E-state index contributed by atoms with van der Waals surface area (Å²) in [6.07, 6.45) is 0. The van der Waals surface area contributed by atoms with Gasteiger partial charge in [-0.15, -0.1) is 0 Å². The van der Waals surface area contributed by atoms with Crippen LogP contribution in [0.3, 0.4) is 0 Å². The SMILES string of the molecule is Oc1cc(F)cc(CNc2cc(I)ccc2Br)c1. The first-order chi connectivity index (χ1) is 8.54. The van der Waals surface area contributed by atoms with Crippen molar-refractivity contribution in [1.29, 1.82) is 0 Å². The summed E-state index contributed by atoms with van der Waals surface area (Å²) in [5, 5.41) is 12.5. The van der Waals surface area contributed by atoms with E-state index in [-0.39, 0.29) is 5.75 Å². The van der Waals surface area contributed by atoms with Gasteiger partial charge in [-0.3, -0.25) is 0 Å². The summed E-state index contributed by atoms with van der Waals surface area (Å²) in [4.78, 5) is 0. The molecule has 0 aliphatic rings. The number of benzene rings is 2. The van der Waals surface area contributed by atoms with Crippen molar-refractivity contribution in [2.24, 2.45) is 0 Å². The average Bonchev–Trinajstić information content (AvgIpc) is 2.29. The van der Waals surface area contributed by atoms with Gasteiger partial charge in [0.1, 0.15) is 11.6 Å².